The zero-order valence-electron chi connectivity index (χ0n) is 10.6. The zero-order valence-corrected chi connectivity index (χ0v) is 10.6. The minimum atomic E-state index is 0.126. The standard InChI is InChI=1S/C13H19NO3/c1-14-8-4-5-11(15)10-6-7-12(16-2)13(9-10)17-3/h6-7,9,14H,4-5,8H2,1-3H3. The Morgan fingerprint density at radius 2 is 1.94 bits per heavy atom. The Balaban J connectivity index is 2.74. The Labute approximate surface area is 102 Å². The minimum Gasteiger partial charge on any atom is -0.493 e. The van der Waals surface area contributed by atoms with Gasteiger partial charge in [-0.1, -0.05) is 0 Å². The Bertz CT molecular complexity index is 377. The summed E-state index contributed by atoms with van der Waals surface area (Å²) >= 11 is 0. The van der Waals surface area contributed by atoms with Crippen molar-refractivity contribution in [3.8, 4) is 11.5 Å². The molecule has 0 aliphatic carbocycles. The number of hydrogen-bond acceptors (Lipinski definition) is 4. The molecule has 1 aromatic carbocycles. The van der Waals surface area contributed by atoms with Crippen LogP contribution in [0.5, 0.6) is 11.5 Å². The molecule has 0 bridgehead atoms. The number of nitrogens with one attached hydrogen (secondary N) is 1. The molecule has 0 aliphatic heterocycles. The fourth-order valence-electron chi connectivity index (χ4n) is 1.58. The van der Waals surface area contributed by atoms with Crippen LogP contribution in [0.25, 0.3) is 0 Å². The van der Waals surface area contributed by atoms with Crippen molar-refractivity contribution in [1.82, 2.24) is 5.32 Å². The zero-order chi connectivity index (χ0) is 12.7. The van der Waals surface area contributed by atoms with Crippen molar-refractivity contribution in [2.75, 3.05) is 27.8 Å². The molecular formula is C13H19NO3. The van der Waals surface area contributed by atoms with Crippen molar-refractivity contribution < 1.29 is 14.3 Å². The van der Waals surface area contributed by atoms with Crippen molar-refractivity contribution in [1.29, 1.82) is 0 Å². The van der Waals surface area contributed by atoms with Crippen LogP contribution in [-0.4, -0.2) is 33.6 Å². The highest BCUT2D eigenvalue weighted by Gasteiger charge is 2.10. The second-order valence-electron chi connectivity index (χ2n) is 3.70. The van der Waals surface area contributed by atoms with Gasteiger partial charge in [-0.2, -0.15) is 0 Å². The number of ether oxygens (including phenoxy) is 2. The van der Waals surface area contributed by atoms with Gasteiger partial charge in [-0.3, -0.25) is 4.79 Å². The van der Waals surface area contributed by atoms with Gasteiger partial charge in [0.25, 0.3) is 0 Å². The summed E-state index contributed by atoms with van der Waals surface area (Å²) in [4.78, 5) is 11.9. The van der Waals surface area contributed by atoms with Gasteiger partial charge in [0.15, 0.2) is 17.3 Å². The molecule has 0 saturated heterocycles. The fourth-order valence-corrected chi connectivity index (χ4v) is 1.58. The summed E-state index contributed by atoms with van der Waals surface area (Å²) in [7, 11) is 5.01. The van der Waals surface area contributed by atoms with Crippen LogP contribution in [0, 0.1) is 0 Å². The predicted octanol–water partition coefficient (Wildman–Crippen LogP) is 1.89. The molecule has 17 heavy (non-hydrogen) atoms. The van der Waals surface area contributed by atoms with Gasteiger partial charge in [0, 0.05) is 12.0 Å². The summed E-state index contributed by atoms with van der Waals surface area (Å²) in [6.07, 6.45) is 1.38. The van der Waals surface area contributed by atoms with Crippen LogP contribution >= 0.6 is 0 Å². The monoisotopic (exact) mass is 237 g/mol. The van der Waals surface area contributed by atoms with E-state index >= 15 is 0 Å². The molecule has 0 aliphatic rings. The summed E-state index contributed by atoms with van der Waals surface area (Å²) in [5.41, 5.74) is 0.666. The van der Waals surface area contributed by atoms with Crippen LogP contribution in [0.1, 0.15) is 23.2 Å². The Hall–Kier alpha value is -1.55. The second kappa shape index (κ2) is 6.91. The smallest absolute Gasteiger partial charge is 0.163 e. The molecule has 94 valence electrons. The number of ketones is 1. The average Bonchev–Trinajstić information content (AvgIpc) is 2.38. The minimum absolute atomic E-state index is 0.126. The van der Waals surface area contributed by atoms with E-state index in [1.54, 1.807) is 32.4 Å². The topological polar surface area (TPSA) is 47.6 Å². The molecule has 1 rings (SSSR count). The first-order valence-electron chi connectivity index (χ1n) is 5.62. The highest BCUT2D eigenvalue weighted by molar-refractivity contribution is 5.96. The van der Waals surface area contributed by atoms with Gasteiger partial charge in [-0.15, -0.1) is 0 Å². The van der Waals surface area contributed by atoms with Gasteiger partial charge in [0.2, 0.25) is 0 Å². The molecule has 1 aromatic rings. The molecule has 4 heteroatoms. The lowest BCUT2D eigenvalue weighted by Gasteiger charge is -2.09. The SMILES string of the molecule is CNCCCC(=O)c1ccc(OC)c(OC)c1. The van der Waals surface area contributed by atoms with E-state index in [0.29, 0.717) is 23.5 Å². The van der Waals surface area contributed by atoms with Crippen LogP contribution < -0.4 is 14.8 Å². The Morgan fingerprint density at radius 3 is 2.53 bits per heavy atom. The normalized spacial score (nSPS) is 10.1. The molecule has 0 saturated carbocycles. The van der Waals surface area contributed by atoms with Crippen LogP contribution in [0.2, 0.25) is 0 Å². The van der Waals surface area contributed by atoms with Crippen molar-refractivity contribution in [3.63, 3.8) is 0 Å². The first-order chi connectivity index (χ1) is 8.22. The third-order valence-corrected chi connectivity index (χ3v) is 2.54. The molecule has 0 spiro atoms. The second-order valence-corrected chi connectivity index (χ2v) is 3.70. The highest BCUT2D eigenvalue weighted by atomic mass is 16.5. The number of Topliss-reactive ketones (excluding diaryl/α,β-unsaturated/α-hetero) is 1. The van der Waals surface area contributed by atoms with Crippen LogP contribution in [-0.2, 0) is 0 Å². The third kappa shape index (κ3) is 3.75. The third-order valence-electron chi connectivity index (χ3n) is 2.54. The molecule has 0 radical (unpaired) electrons. The molecule has 1 N–H and O–H groups in total. The van der Waals surface area contributed by atoms with Crippen molar-refractivity contribution in [2.24, 2.45) is 0 Å². The van der Waals surface area contributed by atoms with Gasteiger partial charge in [0.05, 0.1) is 14.2 Å². The van der Waals surface area contributed by atoms with E-state index in [2.05, 4.69) is 5.32 Å². The number of methoxy groups -OCH3 is 2. The quantitative estimate of drug-likeness (QED) is 0.581. The van der Waals surface area contributed by atoms with Gasteiger partial charge >= 0.3 is 0 Å². The fraction of sp³-hybridized carbons (Fsp3) is 0.462. The largest absolute Gasteiger partial charge is 0.493 e. The predicted molar refractivity (Wildman–Crippen MR) is 67.0 cm³/mol. The van der Waals surface area contributed by atoms with Crippen LogP contribution in [0.3, 0.4) is 0 Å². The van der Waals surface area contributed by atoms with E-state index in [0.717, 1.165) is 13.0 Å². The molecule has 0 amide bonds. The molecule has 0 aromatic heterocycles. The van der Waals surface area contributed by atoms with Gasteiger partial charge in [0.1, 0.15) is 0 Å². The van der Waals surface area contributed by atoms with Crippen LogP contribution in [0.4, 0.5) is 0 Å². The number of rotatable bonds is 7. The van der Waals surface area contributed by atoms with Crippen molar-refractivity contribution in [2.45, 2.75) is 12.8 Å². The molecule has 4 nitrogen and oxygen atoms in total. The number of carbonyl (C=O) groups excluding carboxylic acids is 1. The number of carbonyl (C=O) groups is 1. The van der Waals surface area contributed by atoms with Crippen molar-refractivity contribution in [3.05, 3.63) is 23.8 Å². The molecular weight excluding hydrogens is 218 g/mol. The highest BCUT2D eigenvalue weighted by Crippen LogP contribution is 2.28. The lowest BCUT2D eigenvalue weighted by Crippen LogP contribution is -2.10. The van der Waals surface area contributed by atoms with Crippen molar-refractivity contribution >= 4 is 5.78 Å². The van der Waals surface area contributed by atoms with E-state index < -0.39 is 0 Å². The summed E-state index contributed by atoms with van der Waals surface area (Å²) in [6.45, 7) is 0.846. The molecule has 0 heterocycles. The number of hydrogen-bond donors (Lipinski definition) is 1. The summed E-state index contributed by atoms with van der Waals surface area (Å²) in [6, 6.07) is 5.24. The maximum atomic E-state index is 11.9. The Kier molecular flexibility index (Phi) is 5.49. The maximum Gasteiger partial charge on any atom is 0.163 e. The van der Waals surface area contributed by atoms with Crippen LogP contribution in [0.15, 0.2) is 18.2 Å². The summed E-state index contributed by atoms with van der Waals surface area (Å²) < 4.78 is 10.3. The van der Waals surface area contributed by atoms with E-state index in [9.17, 15) is 4.79 Å². The average molecular weight is 237 g/mol. The first-order valence-corrected chi connectivity index (χ1v) is 5.62. The lowest BCUT2D eigenvalue weighted by atomic mass is 10.1. The van der Waals surface area contributed by atoms with E-state index in [4.69, 9.17) is 9.47 Å². The van der Waals surface area contributed by atoms with Gasteiger partial charge < -0.3 is 14.8 Å². The summed E-state index contributed by atoms with van der Waals surface area (Å²) in [5.74, 6) is 1.35. The lowest BCUT2D eigenvalue weighted by molar-refractivity contribution is 0.0980. The summed E-state index contributed by atoms with van der Waals surface area (Å²) in [5, 5.41) is 3.02. The number of benzene rings is 1. The molecule has 0 unspecified atom stereocenters. The maximum absolute atomic E-state index is 11.9. The van der Waals surface area contributed by atoms with E-state index in [1.165, 1.54) is 0 Å². The van der Waals surface area contributed by atoms with Gasteiger partial charge in [-0.25, -0.2) is 0 Å². The van der Waals surface area contributed by atoms with E-state index in [-0.39, 0.29) is 5.78 Å². The Morgan fingerprint density at radius 1 is 1.24 bits per heavy atom. The van der Waals surface area contributed by atoms with E-state index in [1.807, 2.05) is 7.05 Å². The first kappa shape index (κ1) is 13.5. The molecule has 0 atom stereocenters. The van der Waals surface area contributed by atoms with Gasteiger partial charge in [-0.05, 0) is 38.2 Å². The molecule has 0 fully saturated rings.